The first kappa shape index (κ1) is 73.8. The summed E-state index contributed by atoms with van der Waals surface area (Å²) in [6.07, 6.45) is 85.3. The smallest absolute Gasteiger partial charge is 0.306 e. The van der Waals surface area contributed by atoms with Gasteiger partial charge in [-0.1, -0.05) is 306 Å². The zero-order valence-electron chi connectivity index (χ0n) is 51.2. The third kappa shape index (κ3) is 63.6. The predicted molar refractivity (Wildman–Crippen MR) is 335 cm³/mol. The molecule has 0 N–H and O–H groups in total. The summed E-state index contributed by atoms with van der Waals surface area (Å²) in [7, 11) is 0. The highest BCUT2D eigenvalue weighted by Gasteiger charge is 2.19. The van der Waals surface area contributed by atoms with Crippen molar-refractivity contribution in [1.29, 1.82) is 0 Å². The first-order chi connectivity index (χ1) is 38.0. The second-order valence-corrected chi connectivity index (χ2v) is 22.4. The molecule has 0 aliphatic heterocycles. The number of hydrogen-bond acceptors (Lipinski definition) is 6. The molecule has 0 bridgehead atoms. The Labute approximate surface area is 478 Å². The molecule has 446 valence electrons. The summed E-state index contributed by atoms with van der Waals surface area (Å²) < 4.78 is 16.9. The van der Waals surface area contributed by atoms with E-state index in [4.69, 9.17) is 14.2 Å². The van der Waals surface area contributed by atoms with E-state index in [0.29, 0.717) is 19.3 Å². The van der Waals surface area contributed by atoms with Gasteiger partial charge in [0.1, 0.15) is 13.2 Å². The summed E-state index contributed by atoms with van der Waals surface area (Å²) in [5.74, 6) is -0.866. The van der Waals surface area contributed by atoms with Crippen molar-refractivity contribution in [1.82, 2.24) is 0 Å². The number of esters is 3. The van der Waals surface area contributed by atoms with Gasteiger partial charge in [-0.15, -0.1) is 0 Å². The maximum absolute atomic E-state index is 12.9. The fourth-order valence-electron chi connectivity index (χ4n) is 9.70. The van der Waals surface area contributed by atoms with Crippen molar-refractivity contribution >= 4 is 17.9 Å². The van der Waals surface area contributed by atoms with E-state index in [9.17, 15) is 14.4 Å². The Hall–Kier alpha value is -3.15. The Bertz CT molecular complexity index is 1420. The van der Waals surface area contributed by atoms with E-state index < -0.39 is 6.10 Å². The van der Waals surface area contributed by atoms with Crippen molar-refractivity contribution in [2.24, 2.45) is 0 Å². The van der Waals surface area contributed by atoms with E-state index in [0.717, 1.165) is 89.9 Å². The minimum absolute atomic E-state index is 0.0720. The average Bonchev–Trinajstić information content (AvgIpc) is 3.43. The van der Waals surface area contributed by atoms with E-state index in [1.165, 1.54) is 212 Å². The van der Waals surface area contributed by atoms with E-state index in [1.54, 1.807) is 0 Å². The molecule has 77 heavy (non-hydrogen) atoms. The van der Waals surface area contributed by atoms with Crippen molar-refractivity contribution in [3.63, 3.8) is 0 Å². The summed E-state index contributed by atoms with van der Waals surface area (Å²) in [6.45, 7) is 6.50. The molecule has 0 amide bonds. The number of hydrogen-bond donors (Lipinski definition) is 0. The number of carbonyl (C=O) groups is 3. The van der Waals surface area contributed by atoms with Gasteiger partial charge < -0.3 is 14.2 Å². The molecule has 0 radical (unpaired) electrons. The summed E-state index contributed by atoms with van der Waals surface area (Å²) >= 11 is 0. The highest BCUT2D eigenvalue weighted by atomic mass is 16.6. The fraction of sp³-hybridized carbons (Fsp3) is 0.789. The second-order valence-electron chi connectivity index (χ2n) is 22.4. The van der Waals surface area contributed by atoms with Gasteiger partial charge in [-0.3, -0.25) is 14.4 Å². The summed E-state index contributed by atoms with van der Waals surface area (Å²) in [5.41, 5.74) is 0. The van der Waals surface area contributed by atoms with Gasteiger partial charge in [0.15, 0.2) is 6.10 Å². The largest absolute Gasteiger partial charge is 0.462 e. The van der Waals surface area contributed by atoms with E-state index in [2.05, 4.69) is 93.7 Å². The highest BCUT2D eigenvalue weighted by molar-refractivity contribution is 5.71. The number of allylic oxidation sites excluding steroid dienone is 12. The number of rotatable bonds is 61. The molecule has 0 fully saturated rings. The van der Waals surface area contributed by atoms with Gasteiger partial charge in [-0.05, 0) is 89.9 Å². The Kier molecular flexibility index (Phi) is 62.7. The predicted octanol–water partition coefficient (Wildman–Crippen LogP) is 22.9. The van der Waals surface area contributed by atoms with Crippen LogP contribution in [0.15, 0.2) is 72.9 Å². The lowest BCUT2D eigenvalue weighted by atomic mass is 10.0. The van der Waals surface area contributed by atoms with Crippen LogP contribution in [-0.2, 0) is 28.6 Å². The molecular formula is C71H126O6. The normalized spacial score (nSPS) is 12.5. The van der Waals surface area contributed by atoms with Crippen LogP contribution in [0.25, 0.3) is 0 Å². The van der Waals surface area contributed by atoms with E-state index in [1.807, 2.05) is 0 Å². The molecule has 0 saturated heterocycles. The topological polar surface area (TPSA) is 78.9 Å². The maximum atomic E-state index is 12.9. The van der Waals surface area contributed by atoms with Crippen LogP contribution in [0.5, 0.6) is 0 Å². The van der Waals surface area contributed by atoms with Crippen LogP contribution in [0.2, 0.25) is 0 Å². The van der Waals surface area contributed by atoms with Crippen molar-refractivity contribution in [3.05, 3.63) is 72.9 Å². The highest BCUT2D eigenvalue weighted by Crippen LogP contribution is 2.17. The first-order valence-electron chi connectivity index (χ1n) is 33.4. The minimum atomic E-state index is -0.772. The molecule has 1 atom stereocenters. The fourth-order valence-corrected chi connectivity index (χ4v) is 9.70. The third-order valence-corrected chi connectivity index (χ3v) is 14.7. The Morgan fingerprint density at radius 3 is 0.818 bits per heavy atom. The summed E-state index contributed by atoms with van der Waals surface area (Å²) in [4.78, 5) is 38.1. The van der Waals surface area contributed by atoms with Crippen molar-refractivity contribution in [2.75, 3.05) is 13.2 Å². The molecular weight excluding hydrogens is 949 g/mol. The van der Waals surface area contributed by atoms with E-state index >= 15 is 0 Å². The van der Waals surface area contributed by atoms with Crippen LogP contribution in [0.4, 0.5) is 0 Å². The molecule has 0 saturated carbocycles. The number of ether oxygens (including phenoxy) is 3. The van der Waals surface area contributed by atoms with Crippen molar-refractivity contribution in [2.45, 2.75) is 348 Å². The van der Waals surface area contributed by atoms with Crippen LogP contribution in [-0.4, -0.2) is 37.2 Å². The molecule has 6 nitrogen and oxygen atoms in total. The maximum Gasteiger partial charge on any atom is 0.306 e. The third-order valence-electron chi connectivity index (χ3n) is 14.7. The summed E-state index contributed by atoms with van der Waals surface area (Å²) in [5, 5.41) is 0. The molecule has 0 aromatic carbocycles. The minimum Gasteiger partial charge on any atom is -0.462 e. The first-order valence-corrected chi connectivity index (χ1v) is 33.4. The molecule has 0 aromatic rings. The van der Waals surface area contributed by atoms with Gasteiger partial charge >= 0.3 is 17.9 Å². The van der Waals surface area contributed by atoms with Crippen LogP contribution in [0.3, 0.4) is 0 Å². The summed E-state index contributed by atoms with van der Waals surface area (Å²) in [6, 6.07) is 0. The van der Waals surface area contributed by atoms with E-state index in [-0.39, 0.29) is 31.1 Å². The van der Waals surface area contributed by atoms with Crippen LogP contribution in [0.1, 0.15) is 342 Å². The van der Waals surface area contributed by atoms with Gasteiger partial charge in [-0.25, -0.2) is 0 Å². The van der Waals surface area contributed by atoms with Crippen LogP contribution >= 0.6 is 0 Å². The molecule has 6 heteroatoms. The lowest BCUT2D eigenvalue weighted by Gasteiger charge is -2.18. The lowest BCUT2D eigenvalue weighted by Crippen LogP contribution is -2.30. The Balaban J connectivity index is 4.00. The number of unbranched alkanes of at least 4 members (excludes halogenated alkanes) is 38. The van der Waals surface area contributed by atoms with Gasteiger partial charge in [0.25, 0.3) is 0 Å². The monoisotopic (exact) mass is 1070 g/mol. The molecule has 0 spiro atoms. The molecule has 0 aliphatic carbocycles. The lowest BCUT2D eigenvalue weighted by molar-refractivity contribution is -0.167. The molecule has 0 rings (SSSR count). The zero-order valence-corrected chi connectivity index (χ0v) is 51.2. The molecule has 0 aromatic heterocycles. The van der Waals surface area contributed by atoms with Gasteiger partial charge in [0.05, 0.1) is 0 Å². The van der Waals surface area contributed by atoms with Gasteiger partial charge in [0, 0.05) is 19.3 Å². The Morgan fingerprint density at radius 1 is 0.273 bits per heavy atom. The van der Waals surface area contributed by atoms with Crippen molar-refractivity contribution < 1.29 is 28.6 Å². The van der Waals surface area contributed by atoms with Crippen LogP contribution < -0.4 is 0 Å². The standard InChI is InChI=1S/C71H126O6/c1-4-7-10-13-16-18-20-22-24-26-28-29-30-31-32-33-34-35-36-37-38-39-40-41-43-44-46-48-50-52-55-58-61-64-70(73)76-67-68(66-75-69(72)63-60-57-54-15-12-9-6-3)77-71(74)65-62-59-56-53-51-49-47-45-42-27-25-23-21-19-17-14-11-8-5-2/h7,10,16-19,22-25,28-29,68H,4-6,8-9,11-15,20-21,26-27,30-67H2,1-3H3/b10-7-,18-16-,19-17-,24-22-,25-23-,29-28-. The quantitative estimate of drug-likeness (QED) is 0.0261. The Morgan fingerprint density at radius 2 is 0.506 bits per heavy atom. The molecule has 0 aliphatic rings. The SMILES string of the molecule is CC/C=C\C/C=C\C/C=C\C/C=C\CCCCCCCCCCCCCCCCCCCCCCC(=O)OCC(COC(=O)CCCCCCCCC)OC(=O)CCCCCCCCCCC/C=C\C/C=C\CCCCC. The second kappa shape index (κ2) is 65.4. The van der Waals surface area contributed by atoms with Crippen LogP contribution in [0, 0.1) is 0 Å². The molecule has 1 unspecified atom stereocenters. The van der Waals surface area contributed by atoms with Gasteiger partial charge in [-0.2, -0.15) is 0 Å². The molecule has 0 heterocycles. The van der Waals surface area contributed by atoms with Crippen molar-refractivity contribution in [3.8, 4) is 0 Å². The number of carbonyl (C=O) groups excluding carboxylic acids is 3. The zero-order chi connectivity index (χ0) is 55.7. The van der Waals surface area contributed by atoms with Gasteiger partial charge in [0.2, 0.25) is 0 Å². The average molecular weight is 1080 g/mol.